The fraction of sp³-hybridized carbons (Fsp3) is 0.579. The highest BCUT2D eigenvalue weighted by Gasteiger charge is 2.30. The number of rotatable bonds is 8. The summed E-state index contributed by atoms with van der Waals surface area (Å²) in [5, 5.41) is 3.16. The molecule has 6 heteroatoms. The SMILES string of the molecule is CCOC(=O)Cc1ccccc1N[C@@H](C(=O)OC)[C@@H](C)OC(C)(C)C. The predicted molar refractivity (Wildman–Crippen MR) is 96.5 cm³/mol. The molecule has 0 saturated carbocycles. The summed E-state index contributed by atoms with van der Waals surface area (Å²) in [6.07, 6.45) is -0.303. The molecule has 0 amide bonds. The summed E-state index contributed by atoms with van der Waals surface area (Å²) in [5.74, 6) is -0.743. The van der Waals surface area contributed by atoms with E-state index in [2.05, 4.69) is 5.32 Å². The molecule has 6 nitrogen and oxygen atoms in total. The average Bonchev–Trinajstić information content (AvgIpc) is 2.51. The van der Waals surface area contributed by atoms with Crippen LogP contribution in [0.25, 0.3) is 0 Å². The second-order valence-corrected chi connectivity index (χ2v) is 6.72. The van der Waals surface area contributed by atoms with Crippen molar-refractivity contribution in [1.82, 2.24) is 0 Å². The summed E-state index contributed by atoms with van der Waals surface area (Å²) >= 11 is 0. The van der Waals surface area contributed by atoms with Crippen molar-refractivity contribution in [1.29, 1.82) is 0 Å². The van der Waals surface area contributed by atoms with E-state index in [0.29, 0.717) is 12.3 Å². The number of nitrogens with one attached hydrogen (secondary N) is 1. The number of carbonyl (C=O) groups is 2. The van der Waals surface area contributed by atoms with E-state index in [1.165, 1.54) is 7.11 Å². The zero-order valence-corrected chi connectivity index (χ0v) is 15.9. The lowest BCUT2D eigenvalue weighted by molar-refractivity contribution is -0.148. The van der Waals surface area contributed by atoms with Gasteiger partial charge in [-0.1, -0.05) is 18.2 Å². The normalized spacial score (nSPS) is 13.7. The van der Waals surface area contributed by atoms with Gasteiger partial charge in [-0.15, -0.1) is 0 Å². The molecule has 2 atom stereocenters. The highest BCUT2D eigenvalue weighted by molar-refractivity contribution is 5.81. The van der Waals surface area contributed by atoms with Crippen LogP contribution in [0.3, 0.4) is 0 Å². The number of benzene rings is 1. The molecule has 0 unspecified atom stereocenters. The number of anilines is 1. The summed E-state index contributed by atoms with van der Waals surface area (Å²) in [6, 6.07) is 6.60. The molecule has 1 aromatic carbocycles. The molecule has 0 aliphatic heterocycles. The largest absolute Gasteiger partial charge is 0.467 e. The van der Waals surface area contributed by atoms with E-state index in [9.17, 15) is 9.59 Å². The van der Waals surface area contributed by atoms with Crippen molar-refractivity contribution in [2.24, 2.45) is 0 Å². The first-order chi connectivity index (χ1) is 11.7. The molecular weight excluding hydrogens is 322 g/mol. The van der Waals surface area contributed by atoms with Crippen LogP contribution in [-0.2, 0) is 30.2 Å². The molecule has 0 aliphatic rings. The Morgan fingerprint density at radius 3 is 2.40 bits per heavy atom. The summed E-state index contributed by atoms with van der Waals surface area (Å²) in [5.41, 5.74) is 1.02. The molecule has 0 bridgehead atoms. The molecule has 0 heterocycles. The molecule has 0 spiro atoms. The highest BCUT2D eigenvalue weighted by Crippen LogP contribution is 2.21. The molecule has 1 N–H and O–H groups in total. The second-order valence-electron chi connectivity index (χ2n) is 6.72. The maximum atomic E-state index is 12.2. The van der Waals surface area contributed by atoms with Gasteiger partial charge < -0.3 is 19.5 Å². The van der Waals surface area contributed by atoms with Gasteiger partial charge in [-0.05, 0) is 46.2 Å². The quantitative estimate of drug-likeness (QED) is 0.726. The van der Waals surface area contributed by atoms with Crippen LogP contribution in [0.2, 0.25) is 0 Å². The van der Waals surface area contributed by atoms with Gasteiger partial charge in [0.2, 0.25) is 0 Å². The Kier molecular flexibility index (Phi) is 7.90. The number of esters is 2. The van der Waals surface area contributed by atoms with Crippen molar-refractivity contribution in [2.75, 3.05) is 19.0 Å². The lowest BCUT2D eigenvalue weighted by Crippen LogP contribution is -2.44. The number of carbonyl (C=O) groups excluding carboxylic acids is 2. The van der Waals surface area contributed by atoms with Gasteiger partial charge in [0.15, 0.2) is 6.04 Å². The standard InChI is InChI=1S/C19H29NO5/c1-7-24-16(21)12-14-10-8-9-11-15(14)20-17(18(22)23-6)13(2)25-19(3,4)5/h8-11,13,17,20H,7,12H2,1-6H3/t13-,17-/m1/s1. The minimum atomic E-state index is -0.701. The smallest absolute Gasteiger partial charge is 0.331 e. The van der Waals surface area contributed by atoms with Crippen LogP contribution in [0.1, 0.15) is 40.2 Å². The molecule has 0 saturated heterocycles. The Bertz CT molecular complexity index is 579. The lowest BCUT2D eigenvalue weighted by Gasteiger charge is -2.30. The van der Waals surface area contributed by atoms with E-state index in [0.717, 1.165) is 5.56 Å². The first-order valence-electron chi connectivity index (χ1n) is 8.43. The van der Waals surface area contributed by atoms with Gasteiger partial charge in [0.25, 0.3) is 0 Å². The van der Waals surface area contributed by atoms with Crippen LogP contribution < -0.4 is 5.32 Å². The minimum Gasteiger partial charge on any atom is -0.467 e. The van der Waals surface area contributed by atoms with Gasteiger partial charge >= 0.3 is 11.9 Å². The molecule has 140 valence electrons. The van der Waals surface area contributed by atoms with Gasteiger partial charge in [0, 0.05) is 5.69 Å². The van der Waals surface area contributed by atoms with Gasteiger partial charge in [0.1, 0.15) is 0 Å². The molecule has 1 rings (SSSR count). The van der Waals surface area contributed by atoms with Gasteiger partial charge in [-0.25, -0.2) is 4.79 Å². The zero-order valence-electron chi connectivity index (χ0n) is 15.9. The third kappa shape index (κ3) is 7.13. The summed E-state index contributed by atoms with van der Waals surface area (Å²) in [6.45, 7) is 9.68. The molecular formula is C19H29NO5. The van der Waals surface area contributed by atoms with Crippen LogP contribution in [0.4, 0.5) is 5.69 Å². The summed E-state index contributed by atoms with van der Waals surface area (Å²) in [4.78, 5) is 24.0. The Hall–Kier alpha value is -2.08. The van der Waals surface area contributed by atoms with E-state index < -0.39 is 23.7 Å². The molecule has 1 aromatic rings. The maximum absolute atomic E-state index is 12.2. The Balaban J connectivity index is 3.01. The molecule has 0 aromatic heterocycles. The third-order valence-corrected chi connectivity index (χ3v) is 3.43. The van der Waals surface area contributed by atoms with Crippen LogP contribution >= 0.6 is 0 Å². The van der Waals surface area contributed by atoms with Crippen molar-refractivity contribution in [3.05, 3.63) is 29.8 Å². The van der Waals surface area contributed by atoms with Crippen LogP contribution in [0.5, 0.6) is 0 Å². The Morgan fingerprint density at radius 1 is 1.20 bits per heavy atom. The summed E-state index contributed by atoms with van der Waals surface area (Å²) in [7, 11) is 1.34. The van der Waals surface area contributed by atoms with E-state index in [-0.39, 0.29) is 12.4 Å². The monoisotopic (exact) mass is 351 g/mol. The van der Waals surface area contributed by atoms with Crippen molar-refractivity contribution in [2.45, 2.75) is 58.8 Å². The lowest BCUT2D eigenvalue weighted by atomic mass is 10.1. The number of hydrogen-bond acceptors (Lipinski definition) is 6. The Morgan fingerprint density at radius 2 is 1.84 bits per heavy atom. The van der Waals surface area contributed by atoms with Crippen molar-refractivity contribution >= 4 is 17.6 Å². The number of hydrogen-bond donors (Lipinski definition) is 1. The maximum Gasteiger partial charge on any atom is 0.331 e. The second kappa shape index (κ2) is 9.42. The number of para-hydroxylation sites is 1. The molecule has 0 radical (unpaired) electrons. The van der Waals surface area contributed by atoms with Crippen molar-refractivity contribution in [3.63, 3.8) is 0 Å². The minimum absolute atomic E-state index is 0.124. The fourth-order valence-corrected chi connectivity index (χ4v) is 2.47. The van der Waals surface area contributed by atoms with E-state index >= 15 is 0 Å². The molecule has 0 aliphatic carbocycles. The van der Waals surface area contributed by atoms with Crippen LogP contribution in [-0.4, -0.2) is 43.4 Å². The van der Waals surface area contributed by atoms with Crippen molar-refractivity contribution in [3.8, 4) is 0 Å². The zero-order chi connectivity index (χ0) is 19.0. The highest BCUT2D eigenvalue weighted by atomic mass is 16.5. The van der Waals surface area contributed by atoms with Crippen molar-refractivity contribution < 1.29 is 23.8 Å². The van der Waals surface area contributed by atoms with Gasteiger partial charge in [-0.2, -0.15) is 0 Å². The van der Waals surface area contributed by atoms with E-state index in [4.69, 9.17) is 14.2 Å². The fourth-order valence-electron chi connectivity index (χ4n) is 2.47. The third-order valence-electron chi connectivity index (χ3n) is 3.43. The van der Waals surface area contributed by atoms with Gasteiger partial charge in [-0.3, -0.25) is 4.79 Å². The predicted octanol–water partition coefficient (Wildman–Crippen LogP) is 2.95. The average molecular weight is 351 g/mol. The number of methoxy groups -OCH3 is 1. The molecule has 25 heavy (non-hydrogen) atoms. The number of ether oxygens (including phenoxy) is 3. The first-order valence-corrected chi connectivity index (χ1v) is 8.43. The van der Waals surface area contributed by atoms with E-state index in [1.807, 2.05) is 52.0 Å². The Labute approximate surface area is 149 Å². The van der Waals surface area contributed by atoms with Crippen LogP contribution in [0.15, 0.2) is 24.3 Å². The van der Waals surface area contributed by atoms with Gasteiger partial charge in [0.05, 0.1) is 31.8 Å². The van der Waals surface area contributed by atoms with E-state index in [1.54, 1.807) is 6.92 Å². The first kappa shape index (κ1) is 21.0. The topological polar surface area (TPSA) is 73.9 Å². The molecule has 0 fully saturated rings. The summed E-state index contributed by atoms with van der Waals surface area (Å²) < 4.78 is 15.8. The van der Waals surface area contributed by atoms with Crippen LogP contribution in [0, 0.1) is 0 Å².